The first-order valence-electron chi connectivity index (χ1n) is 7.81. The van der Waals surface area contributed by atoms with Crippen molar-refractivity contribution in [3.63, 3.8) is 0 Å². The predicted octanol–water partition coefficient (Wildman–Crippen LogP) is 2.71. The van der Waals surface area contributed by atoms with Crippen molar-refractivity contribution in [3.8, 4) is 5.69 Å². The van der Waals surface area contributed by atoms with Crippen molar-refractivity contribution in [3.05, 3.63) is 40.1 Å². The molecule has 0 saturated carbocycles. The Balaban J connectivity index is 0.00000208. The molecule has 3 rings (SSSR count). The number of likely N-dealkylation sites (tertiary alicyclic amines) is 1. The Kier molecular flexibility index (Phi) is 6.37. The van der Waals surface area contributed by atoms with E-state index < -0.39 is 0 Å². The topological polar surface area (TPSA) is 77.0 Å². The van der Waals surface area contributed by atoms with Crippen LogP contribution < -0.4 is 5.73 Å². The molecule has 1 amide bonds. The number of carbonyl (C=O) groups is 1. The fourth-order valence-electron chi connectivity index (χ4n) is 3.03. The van der Waals surface area contributed by atoms with Crippen LogP contribution in [0.1, 0.15) is 35.4 Å². The number of carbonyl (C=O) groups excluding carboxylic acids is 1. The van der Waals surface area contributed by atoms with Crippen LogP contribution in [0.5, 0.6) is 0 Å². The van der Waals surface area contributed by atoms with Crippen molar-refractivity contribution >= 4 is 34.2 Å². The summed E-state index contributed by atoms with van der Waals surface area (Å²) in [6, 6.07) is 7.86. The maximum absolute atomic E-state index is 12.8. The number of nitrogens with zero attached hydrogens (tertiary/aromatic N) is 4. The van der Waals surface area contributed by atoms with Gasteiger partial charge in [-0.3, -0.25) is 4.79 Å². The molecule has 2 heterocycles. The minimum atomic E-state index is -0.0705. The van der Waals surface area contributed by atoms with Gasteiger partial charge >= 0.3 is 0 Å². The summed E-state index contributed by atoms with van der Waals surface area (Å²) in [7, 11) is 0. The molecule has 130 valence electrons. The Morgan fingerprint density at radius 1 is 1.42 bits per heavy atom. The third kappa shape index (κ3) is 3.63. The van der Waals surface area contributed by atoms with Crippen LogP contribution in [0.3, 0.4) is 0 Å². The average molecular weight is 415 g/mol. The monoisotopic (exact) mass is 413 g/mol. The van der Waals surface area contributed by atoms with Gasteiger partial charge in [0.05, 0.1) is 11.4 Å². The molecular weight excluding hydrogens is 394 g/mol. The van der Waals surface area contributed by atoms with Crippen molar-refractivity contribution in [2.45, 2.75) is 32.2 Å². The quantitative estimate of drug-likeness (QED) is 0.838. The van der Waals surface area contributed by atoms with Crippen LogP contribution >= 0.6 is 28.3 Å². The third-order valence-corrected chi connectivity index (χ3v) is 4.80. The Morgan fingerprint density at radius 2 is 2.21 bits per heavy atom. The zero-order chi connectivity index (χ0) is 16.4. The summed E-state index contributed by atoms with van der Waals surface area (Å²) in [5.74, 6) is -0.0705. The molecule has 2 N–H and O–H groups in total. The van der Waals surface area contributed by atoms with Crippen LogP contribution in [0.4, 0.5) is 0 Å². The number of hydrogen-bond donors (Lipinski definition) is 1. The summed E-state index contributed by atoms with van der Waals surface area (Å²) in [4.78, 5) is 14.7. The van der Waals surface area contributed by atoms with Crippen LogP contribution in [-0.2, 0) is 0 Å². The zero-order valence-electron chi connectivity index (χ0n) is 13.5. The van der Waals surface area contributed by atoms with Crippen LogP contribution in [0.25, 0.3) is 5.69 Å². The van der Waals surface area contributed by atoms with Gasteiger partial charge in [-0.25, -0.2) is 4.68 Å². The molecule has 1 aliphatic rings. The fourth-order valence-corrected chi connectivity index (χ4v) is 3.42. The van der Waals surface area contributed by atoms with Gasteiger partial charge in [-0.15, -0.1) is 17.5 Å². The molecule has 8 heteroatoms. The number of aromatic nitrogens is 3. The Hall–Kier alpha value is -1.44. The van der Waals surface area contributed by atoms with Crippen LogP contribution in [0.2, 0.25) is 0 Å². The van der Waals surface area contributed by atoms with Gasteiger partial charge in [-0.1, -0.05) is 27.2 Å². The molecule has 0 spiro atoms. The molecule has 1 aromatic carbocycles. The second kappa shape index (κ2) is 8.09. The Labute approximate surface area is 155 Å². The molecule has 0 bridgehead atoms. The second-order valence-electron chi connectivity index (χ2n) is 5.80. The van der Waals surface area contributed by atoms with Crippen LogP contribution in [0, 0.1) is 6.92 Å². The Bertz CT molecular complexity index is 720. The number of hydrogen-bond acceptors (Lipinski definition) is 4. The summed E-state index contributed by atoms with van der Waals surface area (Å²) in [5, 5.41) is 8.29. The van der Waals surface area contributed by atoms with E-state index in [9.17, 15) is 4.79 Å². The molecule has 0 aliphatic carbocycles. The number of amides is 1. The fraction of sp³-hybridized carbons (Fsp3) is 0.438. The lowest BCUT2D eigenvalue weighted by Gasteiger charge is -2.34. The maximum atomic E-state index is 12.8. The SMILES string of the molecule is Cc1c(C(=O)N2CCCCC2CN)nnn1-c1cccc(Br)c1.Cl. The van der Waals surface area contributed by atoms with Gasteiger partial charge in [0.2, 0.25) is 0 Å². The number of piperidine rings is 1. The smallest absolute Gasteiger partial charge is 0.276 e. The highest BCUT2D eigenvalue weighted by atomic mass is 79.9. The molecular formula is C16H21BrClN5O. The normalized spacial score (nSPS) is 17.5. The van der Waals surface area contributed by atoms with Gasteiger partial charge in [-0.05, 0) is 44.4 Å². The van der Waals surface area contributed by atoms with Crippen molar-refractivity contribution < 1.29 is 4.79 Å². The molecule has 0 radical (unpaired) electrons. The lowest BCUT2D eigenvalue weighted by atomic mass is 10.0. The Morgan fingerprint density at radius 3 is 2.92 bits per heavy atom. The summed E-state index contributed by atoms with van der Waals surface area (Å²) in [5.41, 5.74) is 7.85. The molecule has 24 heavy (non-hydrogen) atoms. The van der Waals surface area contributed by atoms with Crippen molar-refractivity contribution in [1.29, 1.82) is 0 Å². The first kappa shape index (κ1) is 18.9. The number of benzene rings is 1. The second-order valence-corrected chi connectivity index (χ2v) is 6.71. The molecule has 1 atom stereocenters. The number of halogens is 2. The first-order chi connectivity index (χ1) is 11.1. The van der Waals surface area contributed by atoms with E-state index in [4.69, 9.17) is 5.73 Å². The van der Waals surface area contributed by atoms with E-state index in [1.54, 1.807) is 4.68 Å². The molecule has 2 aromatic rings. The van der Waals surface area contributed by atoms with Crippen molar-refractivity contribution in [2.24, 2.45) is 5.73 Å². The average Bonchev–Trinajstić information content (AvgIpc) is 2.95. The highest BCUT2D eigenvalue weighted by Crippen LogP contribution is 2.21. The van der Waals surface area contributed by atoms with Crippen molar-refractivity contribution in [2.75, 3.05) is 13.1 Å². The number of rotatable bonds is 3. The third-order valence-electron chi connectivity index (χ3n) is 4.31. The summed E-state index contributed by atoms with van der Waals surface area (Å²) in [6.07, 6.45) is 3.09. The molecule has 1 fully saturated rings. The summed E-state index contributed by atoms with van der Waals surface area (Å²) < 4.78 is 2.65. The maximum Gasteiger partial charge on any atom is 0.276 e. The van der Waals surface area contributed by atoms with E-state index in [0.717, 1.165) is 41.7 Å². The van der Waals surface area contributed by atoms with Crippen LogP contribution in [-0.4, -0.2) is 44.9 Å². The first-order valence-corrected chi connectivity index (χ1v) is 8.60. The van der Waals surface area contributed by atoms with E-state index in [1.807, 2.05) is 36.1 Å². The van der Waals surface area contributed by atoms with E-state index in [2.05, 4.69) is 26.2 Å². The van der Waals surface area contributed by atoms with E-state index in [0.29, 0.717) is 12.2 Å². The van der Waals surface area contributed by atoms with E-state index in [1.165, 1.54) is 0 Å². The zero-order valence-corrected chi connectivity index (χ0v) is 15.9. The lowest BCUT2D eigenvalue weighted by Crippen LogP contribution is -2.47. The van der Waals surface area contributed by atoms with Crippen molar-refractivity contribution in [1.82, 2.24) is 19.9 Å². The standard InChI is InChI=1S/C16H20BrN5O.ClH/c1-11-15(16(23)21-8-3-2-6-14(21)10-18)19-20-22(11)13-7-4-5-12(17)9-13;/h4-5,7,9,14H,2-3,6,8,10,18H2,1H3;1H. The summed E-state index contributed by atoms with van der Waals surface area (Å²) in [6.45, 7) is 3.10. The van der Waals surface area contributed by atoms with Crippen LogP contribution in [0.15, 0.2) is 28.7 Å². The van der Waals surface area contributed by atoms with Gasteiger partial charge in [0.1, 0.15) is 0 Å². The van der Waals surface area contributed by atoms with Gasteiger partial charge in [0, 0.05) is 23.6 Å². The highest BCUT2D eigenvalue weighted by Gasteiger charge is 2.29. The molecule has 6 nitrogen and oxygen atoms in total. The van der Waals surface area contributed by atoms with E-state index in [-0.39, 0.29) is 24.4 Å². The lowest BCUT2D eigenvalue weighted by molar-refractivity contribution is 0.0616. The highest BCUT2D eigenvalue weighted by molar-refractivity contribution is 9.10. The molecule has 1 unspecified atom stereocenters. The molecule has 1 aromatic heterocycles. The van der Waals surface area contributed by atoms with Gasteiger partial charge in [0.15, 0.2) is 5.69 Å². The van der Waals surface area contributed by atoms with Gasteiger partial charge in [-0.2, -0.15) is 0 Å². The molecule has 1 saturated heterocycles. The largest absolute Gasteiger partial charge is 0.333 e. The summed E-state index contributed by atoms with van der Waals surface area (Å²) >= 11 is 3.45. The van der Waals surface area contributed by atoms with Gasteiger partial charge < -0.3 is 10.6 Å². The van der Waals surface area contributed by atoms with Gasteiger partial charge in [0.25, 0.3) is 5.91 Å². The number of nitrogens with two attached hydrogens (primary N) is 1. The minimum Gasteiger partial charge on any atom is -0.333 e. The van der Waals surface area contributed by atoms with E-state index >= 15 is 0 Å². The minimum absolute atomic E-state index is 0. The molecule has 1 aliphatic heterocycles. The predicted molar refractivity (Wildman–Crippen MR) is 98.8 cm³/mol.